The molecule has 1 fully saturated rings. The lowest BCUT2D eigenvalue weighted by molar-refractivity contribution is -0.384. The topological polar surface area (TPSA) is 92.5 Å². The highest BCUT2D eigenvalue weighted by Gasteiger charge is 2.25. The van der Waals surface area contributed by atoms with E-state index in [1.165, 1.54) is 12.1 Å². The van der Waals surface area contributed by atoms with E-state index in [0.29, 0.717) is 12.8 Å². The lowest BCUT2D eigenvalue weighted by Crippen LogP contribution is -2.45. The van der Waals surface area contributed by atoms with Crippen LogP contribution in [0.5, 0.6) is 0 Å². The molecule has 0 bridgehead atoms. The first-order valence-electron chi connectivity index (χ1n) is 6.42. The predicted octanol–water partition coefficient (Wildman–Crippen LogP) is 2.28. The summed E-state index contributed by atoms with van der Waals surface area (Å²) in [6.07, 6.45) is 2.70. The number of nitrogens with zero attached hydrogens (tertiary/aromatic N) is 1. The van der Waals surface area contributed by atoms with Gasteiger partial charge in [0.2, 0.25) is 0 Å². The van der Waals surface area contributed by atoms with E-state index in [1.54, 1.807) is 0 Å². The smallest absolute Gasteiger partial charge is 0.288 e. The minimum Gasteiger partial charge on any atom is -0.391 e. The summed E-state index contributed by atoms with van der Waals surface area (Å²) in [6.45, 7) is 0. The number of hydrogen-bond donors (Lipinski definition) is 2. The van der Waals surface area contributed by atoms with Crippen LogP contribution in [0.3, 0.4) is 0 Å². The van der Waals surface area contributed by atoms with Gasteiger partial charge in [0.15, 0.2) is 0 Å². The van der Waals surface area contributed by atoms with Gasteiger partial charge in [-0.15, -0.1) is 0 Å². The molecule has 2 unspecified atom stereocenters. The van der Waals surface area contributed by atoms with Crippen LogP contribution in [0.15, 0.2) is 18.2 Å². The maximum absolute atomic E-state index is 12.1. The number of aliphatic hydroxyl groups excluding tert-OH is 1. The number of nitro groups is 1. The third-order valence-electron chi connectivity index (χ3n) is 3.45. The van der Waals surface area contributed by atoms with Gasteiger partial charge in [0.05, 0.1) is 17.1 Å². The summed E-state index contributed by atoms with van der Waals surface area (Å²) in [7, 11) is 0. The molecule has 1 aliphatic rings. The average molecular weight is 299 g/mol. The predicted molar refractivity (Wildman–Crippen MR) is 73.8 cm³/mol. The number of rotatable bonds is 3. The molecule has 2 rings (SSSR count). The number of carbonyl (C=O) groups excluding carboxylic acids is 1. The zero-order valence-corrected chi connectivity index (χ0v) is 11.5. The molecule has 0 aliphatic heterocycles. The number of hydrogen-bond acceptors (Lipinski definition) is 4. The molecular weight excluding hydrogens is 284 g/mol. The molecule has 0 spiro atoms. The molecule has 0 heterocycles. The van der Waals surface area contributed by atoms with E-state index >= 15 is 0 Å². The third kappa shape index (κ3) is 3.26. The van der Waals surface area contributed by atoms with E-state index in [1.807, 2.05) is 0 Å². The second kappa shape index (κ2) is 6.19. The van der Waals surface area contributed by atoms with Gasteiger partial charge in [-0.05, 0) is 25.0 Å². The Morgan fingerprint density at radius 1 is 1.40 bits per heavy atom. The minimum absolute atomic E-state index is 0.00995. The Morgan fingerprint density at radius 2 is 2.10 bits per heavy atom. The molecule has 7 heteroatoms. The molecule has 0 aromatic heterocycles. The van der Waals surface area contributed by atoms with Crippen LogP contribution in [0.25, 0.3) is 0 Å². The summed E-state index contributed by atoms with van der Waals surface area (Å²) in [5.41, 5.74) is -0.137. The molecule has 0 saturated heterocycles. The van der Waals surface area contributed by atoms with Gasteiger partial charge in [0, 0.05) is 11.6 Å². The van der Waals surface area contributed by atoms with E-state index in [2.05, 4.69) is 5.32 Å². The molecule has 2 N–H and O–H groups in total. The summed E-state index contributed by atoms with van der Waals surface area (Å²) in [4.78, 5) is 22.2. The Kier molecular flexibility index (Phi) is 4.57. The van der Waals surface area contributed by atoms with Gasteiger partial charge >= 0.3 is 0 Å². The normalized spacial score (nSPS) is 22.3. The van der Waals surface area contributed by atoms with Crippen molar-refractivity contribution in [3.05, 3.63) is 38.9 Å². The summed E-state index contributed by atoms with van der Waals surface area (Å²) in [5, 5.41) is 23.3. The quantitative estimate of drug-likeness (QED) is 0.661. The van der Waals surface area contributed by atoms with Gasteiger partial charge in [-0.1, -0.05) is 24.4 Å². The van der Waals surface area contributed by atoms with E-state index < -0.39 is 16.9 Å². The van der Waals surface area contributed by atoms with Crippen LogP contribution in [0.2, 0.25) is 5.02 Å². The third-order valence-corrected chi connectivity index (χ3v) is 3.77. The molecule has 1 aromatic rings. The number of benzene rings is 1. The Balaban J connectivity index is 2.13. The molecule has 1 amide bonds. The van der Waals surface area contributed by atoms with Crippen LogP contribution in [-0.4, -0.2) is 28.1 Å². The van der Waals surface area contributed by atoms with Crippen LogP contribution < -0.4 is 5.32 Å². The fraction of sp³-hybridized carbons (Fsp3) is 0.462. The number of amides is 1. The fourth-order valence-electron chi connectivity index (χ4n) is 2.33. The summed E-state index contributed by atoms with van der Waals surface area (Å²) < 4.78 is 0. The van der Waals surface area contributed by atoms with Gasteiger partial charge in [-0.2, -0.15) is 0 Å². The maximum atomic E-state index is 12.1. The monoisotopic (exact) mass is 298 g/mol. The van der Waals surface area contributed by atoms with Crippen molar-refractivity contribution in [2.75, 3.05) is 0 Å². The number of halogens is 1. The molecular formula is C13H15ClN2O4. The molecule has 1 aliphatic carbocycles. The Labute approximate surface area is 120 Å². The van der Waals surface area contributed by atoms with Gasteiger partial charge in [0.1, 0.15) is 5.02 Å². The van der Waals surface area contributed by atoms with E-state index in [4.69, 9.17) is 11.6 Å². The number of nitro benzene ring substituents is 1. The van der Waals surface area contributed by atoms with E-state index in [9.17, 15) is 20.0 Å². The van der Waals surface area contributed by atoms with Crippen molar-refractivity contribution in [3.8, 4) is 0 Å². The highest BCUT2D eigenvalue weighted by Crippen LogP contribution is 2.25. The zero-order chi connectivity index (χ0) is 14.7. The van der Waals surface area contributed by atoms with Crippen molar-refractivity contribution in [2.24, 2.45) is 0 Å². The summed E-state index contributed by atoms with van der Waals surface area (Å²) in [5.74, 6) is -0.435. The van der Waals surface area contributed by atoms with Crippen molar-refractivity contribution in [1.29, 1.82) is 0 Å². The first-order valence-corrected chi connectivity index (χ1v) is 6.79. The van der Waals surface area contributed by atoms with Crippen LogP contribution in [0, 0.1) is 10.1 Å². The van der Waals surface area contributed by atoms with Gasteiger partial charge in [0.25, 0.3) is 11.6 Å². The van der Waals surface area contributed by atoms with Gasteiger partial charge < -0.3 is 10.4 Å². The molecule has 20 heavy (non-hydrogen) atoms. The summed E-state index contributed by atoms with van der Waals surface area (Å²) >= 11 is 5.70. The average Bonchev–Trinajstić information content (AvgIpc) is 2.41. The number of carbonyl (C=O) groups is 1. The fourth-order valence-corrected chi connectivity index (χ4v) is 2.51. The lowest BCUT2D eigenvalue weighted by atomic mass is 9.92. The molecule has 1 aromatic carbocycles. The second-order valence-electron chi connectivity index (χ2n) is 4.86. The van der Waals surface area contributed by atoms with Crippen LogP contribution in [0.1, 0.15) is 36.0 Å². The largest absolute Gasteiger partial charge is 0.391 e. The van der Waals surface area contributed by atoms with Gasteiger partial charge in [-0.25, -0.2) is 0 Å². The van der Waals surface area contributed by atoms with Crippen molar-refractivity contribution in [1.82, 2.24) is 5.32 Å². The van der Waals surface area contributed by atoms with Crippen LogP contribution in [-0.2, 0) is 0 Å². The lowest BCUT2D eigenvalue weighted by Gasteiger charge is -2.28. The van der Waals surface area contributed by atoms with E-state index in [-0.39, 0.29) is 22.3 Å². The maximum Gasteiger partial charge on any atom is 0.288 e. The first kappa shape index (κ1) is 14.7. The molecule has 6 nitrogen and oxygen atoms in total. The van der Waals surface area contributed by atoms with Crippen molar-refractivity contribution >= 4 is 23.2 Å². The molecule has 0 radical (unpaired) electrons. The van der Waals surface area contributed by atoms with Crippen molar-refractivity contribution in [3.63, 3.8) is 0 Å². The highest BCUT2D eigenvalue weighted by atomic mass is 35.5. The highest BCUT2D eigenvalue weighted by molar-refractivity contribution is 6.32. The number of aliphatic hydroxyl groups is 1. The molecule has 1 saturated carbocycles. The molecule has 108 valence electrons. The zero-order valence-electron chi connectivity index (χ0n) is 10.7. The standard InChI is InChI=1S/C13H15ClN2O4/c14-9-6-5-8(7-11(9)16(19)20)13(18)15-10-3-1-2-4-12(10)17/h5-7,10,12,17H,1-4H2,(H,15,18). The SMILES string of the molecule is O=C(NC1CCCCC1O)c1ccc(Cl)c([N+](=O)[O-])c1. The Morgan fingerprint density at radius 3 is 2.75 bits per heavy atom. The molecule has 2 atom stereocenters. The van der Waals surface area contributed by atoms with Gasteiger partial charge in [-0.3, -0.25) is 14.9 Å². The summed E-state index contributed by atoms with van der Waals surface area (Å²) in [6, 6.07) is 3.60. The Hall–Kier alpha value is -1.66. The van der Waals surface area contributed by atoms with Crippen molar-refractivity contribution in [2.45, 2.75) is 37.8 Å². The minimum atomic E-state index is -0.630. The Bertz CT molecular complexity index is 535. The van der Waals surface area contributed by atoms with Crippen LogP contribution >= 0.6 is 11.6 Å². The first-order chi connectivity index (χ1) is 9.49. The number of nitrogens with one attached hydrogen (secondary N) is 1. The second-order valence-corrected chi connectivity index (χ2v) is 5.26. The van der Waals surface area contributed by atoms with E-state index in [0.717, 1.165) is 18.9 Å². The van der Waals surface area contributed by atoms with Crippen LogP contribution in [0.4, 0.5) is 5.69 Å². The van der Waals surface area contributed by atoms with Crippen molar-refractivity contribution < 1.29 is 14.8 Å².